The van der Waals surface area contributed by atoms with Crippen LogP contribution in [-0.4, -0.2) is 8.42 Å². The average molecular weight is 746 g/mol. The zero-order valence-electron chi connectivity index (χ0n) is 20.0. The molecule has 0 N–H and O–H groups in total. The van der Waals surface area contributed by atoms with E-state index in [-0.39, 0.29) is 21.2 Å². The molecular weight excluding hydrogens is 726 g/mol. The Labute approximate surface area is 265 Å². The van der Waals surface area contributed by atoms with E-state index in [1.54, 1.807) is 48.6 Å². The van der Waals surface area contributed by atoms with Crippen LogP contribution in [0.15, 0.2) is 118 Å². The molecular formula is C30H20Br2Cl4O2S. The Balaban J connectivity index is 2.02. The van der Waals surface area contributed by atoms with E-state index in [4.69, 9.17) is 46.4 Å². The molecule has 0 heterocycles. The first-order chi connectivity index (χ1) is 18.5. The van der Waals surface area contributed by atoms with Gasteiger partial charge in [0.15, 0.2) is 8.41 Å². The normalized spacial score (nSPS) is 15.3. The third-order valence-electron chi connectivity index (χ3n) is 5.96. The molecule has 4 aromatic carbocycles. The van der Waals surface area contributed by atoms with Gasteiger partial charge in [0.2, 0.25) is 9.84 Å². The molecule has 0 saturated carbocycles. The van der Waals surface area contributed by atoms with Crippen LogP contribution in [0.25, 0.3) is 12.2 Å². The first kappa shape index (κ1) is 30.4. The monoisotopic (exact) mass is 742 g/mol. The van der Waals surface area contributed by atoms with Gasteiger partial charge < -0.3 is 0 Å². The molecule has 0 bridgehead atoms. The maximum atomic E-state index is 14.9. The molecule has 0 aliphatic carbocycles. The predicted molar refractivity (Wildman–Crippen MR) is 173 cm³/mol. The van der Waals surface area contributed by atoms with E-state index in [0.717, 1.165) is 11.1 Å². The van der Waals surface area contributed by atoms with Crippen molar-refractivity contribution in [1.29, 1.82) is 0 Å². The summed E-state index contributed by atoms with van der Waals surface area (Å²) < 4.78 is 26.7. The highest BCUT2D eigenvalue weighted by Gasteiger charge is 2.56. The number of halogens is 6. The lowest BCUT2D eigenvalue weighted by Crippen LogP contribution is -2.41. The molecule has 0 spiro atoms. The van der Waals surface area contributed by atoms with Crippen LogP contribution in [-0.2, 0) is 18.2 Å². The van der Waals surface area contributed by atoms with Gasteiger partial charge in [-0.2, -0.15) is 0 Å². The quantitative estimate of drug-likeness (QED) is 0.168. The van der Waals surface area contributed by atoms with Crippen LogP contribution in [0.4, 0.5) is 0 Å². The van der Waals surface area contributed by atoms with Gasteiger partial charge in [-0.3, -0.25) is 0 Å². The Morgan fingerprint density at radius 3 is 1.28 bits per heavy atom. The molecule has 0 aliphatic rings. The molecule has 2 atom stereocenters. The van der Waals surface area contributed by atoms with Gasteiger partial charge in [0.25, 0.3) is 0 Å². The third kappa shape index (κ3) is 6.36. The highest BCUT2D eigenvalue weighted by molar-refractivity contribution is 9.10. The predicted octanol–water partition coefficient (Wildman–Crippen LogP) is 10.8. The Hall–Kier alpha value is -1.57. The number of rotatable bonds is 8. The number of alkyl halides is 2. The molecule has 0 radical (unpaired) electrons. The van der Waals surface area contributed by atoms with Crippen molar-refractivity contribution in [2.75, 3.05) is 0 Å². The SMILES string of the molecule is O=S(=O)(C(Cl)(/C=C\c1ccccc1)c1ccc(Br)cc1Cl)C(Cl)(/C=C\c1ccccc1)c1ccc(Br)cc1Cl. The van der Waals surface area contributed by atoms with Crippen molar-refractivity contribution in [3.8, 4) is 0 Å². The van der Waals surface area contributed by atoms with Crippen LogP contribution in [0, 0.1) is 0 Å². The molecule has 2 unspecified atom stereocenters. The fourth-order valence-electron chi connectivity index (χ4n) is 3.93. The molecule has 0 fully saturated rings. The second kappa shape index (κ2) is 12.5. The van der Waals surface area contributed by atoms with Crippen LogP contribution in [0.3, 0.4) is 0 Å². The van der Waals surface area contributed by atoms with E-state index in [0.29, 0.717) is 8.95 Å². The number of hydrogen-bond donors (Lipinski definition) is 0. The summed E-state index contributed by atoms with van der Waals surface area (Å²) in [6.45, 7) is 0. The van der Waals surface area contributed by atoms with Crippen molar-refractivity contribution in [2.24, 2.45) is 0 Å². The lowest BCUT2D eigenvalue weighted by molar-refractivity contribution is 0.573. The molecule has 4 rings (SSSR count). The molecule has 0 aliphatic heterocycles. The van der Waals surface area contributed by atoms with Crippen LogP contribution in [0.1, 0.15) is 22.3 Å². The zero-order chi connectivity index (χ0) is 28.3. The van der Waals surface area contributed by atoms with E-state index < -0.39 is 18.2 Å². The summed E-state index contributed by atoms with van der Waals surface area (Å²) in [6.07, 6.45) is 6.05. The summed E-state index contributed by atoms with van der Waals surface area (Å²) >= 11 is 34.4. The Kier molecular flexibility index (Phi) is 9.76. The van der Waals surface area contributed by atoms with E-state index >= 15 is 0 Å². The summed E-state index contributed by atoms with van der Waals surface area (Å²) in [4.78, 5) is 0. The number of hydrogen-bond acceptors (Lipinski definition) is 2. The van der Waals surface area contributed by atoms with Crippen molar-refractivity contribution in [3.05, 3.63) is 150 Å². The van der Waals surface area contributed by atoms with Gasteiger partial charge in [-0.05, 0) is 47.5 Å². The molecule has 200 valence electrons. The molecule has 4 aromatic rings. The summed E-state index contributed by atoms with van der Waals surface area (Å²) in [7, 11) is -4.62. The fourth-order valence-corrected chi connectivity index (χ4v) is 8.95. The second-order valence-corrected chi connectivity index (χ2v) is 15.1. The third-order valence-corrected chi connectivity index (χ3v) is 11.7. The first-order valence-electron chi connectivity index (χ1n) is 11.5. The van der Waals surface area contributed by atoms with Gasteiger partial charge in [0, 0.05) is 30.1 Å². The lowest BCUT2D eigenvalue weighted by atomic mass is 10.1. The van der Waals surface area contributed by atoms with Gasteiger partial charge in [-0.15, -0.1) is 0 Å². The van der Waals surface area contributed by atoms with E-state index in [2.05, 4.69) is 31.9 Å². The molecule has 0 amide bonds. The van der Waals surface area contributed by atoms with Gasteiger partial charge in [-0.1, -0.05) is 163 Å². The van der Waals surface area contributed by atoms with Gasteiger partial charge >= 0.3 is 0 Å². The minimum absolute atomic E-state index is 0.146. The van der Waals surface area contributed by atoms with E-state index in [1.165, 1.54) is 12.2 Å². The average Bonchev–Trinajstić information content (AvgIpc) is 2.91. The van der Waals surface area contributed by atoms with E-state index in [9.17, 15) is 8.42 Å². The molecule has 9 heteroatoms. The molecule has 39 heavy (non-hydrogen) atoms. The number of sulfone groups is 1. The van der Waals surface area contributed by atoms with Crippen LogP contribution in [0.2, 0.25) is 10.0 Å². The fraction of sp³-hybridized carbons (Fsp3) is 0.0667. The Morgan fingerprint density at radius 1 is 0.590 bits per heavy atom. The van der Waals surface area contributed by atoms with Gasteiger partial charge in [0.1, 0.15) is 0 Å². The summed E-state index contributed by atoms with van der Waals surface area (Å²) in [6, 6.07) is 28.1. The minimum Gasteiger partial charge on any atom is -0.224 e. The highest BCUT2D eigenvalue weighted by atomic mass is 79.9. The molecule has 0 aromatic heterocycles. The maximum absolute atomic E-state index is 14.9. The van der Waals surface area contributed by atoms with Crippen molar-refractivity contribution in [1.82, 2.24) is 0 Å². The first-order valence-corrected chi connectivity index (χ1v) is 16.1. The zero-order valence-corrected chi connectivity index (χ0v) is 27.1. The highest BCUT2D eigenvalue weighted by Crippen LogP contribution is 2.53. The molecule has 2 nitrogen and oxygen atoms in total. The topological polar surface area (TPSA) is 34.1 Å². The summed E-state index contributed by atoms with van der Waals surface area (Å²) in [5.74, 6) is 0. The standard InChI is InChI=1S/C30H20Br2Cl4O2S/c31-23-11-13-25(27(33)19-23)29(35,17-15-21-7-3-1-4-8-21)39(37,38)30(36,18-16-22-9-5-2-6-10-22)26-14-12-24(32)20-28(26)34/h1-20H/b17-15-,18-16-. The van der Waals surface area contributed by atoms with Gasteiger partial charge in [0.05, 0.1) is 0 Å². The van der Waals surface area contributed by atoms with Crippen LogP contribution >= 0.6 is 78.3 Å². The lowest BCUT2D eigenvalue weighted by Gasteiger charge is -2.35. The Morgan fingerprint density at radius 2 is 0.949 bits per heavy atom. The molecule has 0 saturated heterocycles. The minimum atomic E-state index is -4.62. The Bertz CT molecular complexity index is 1530. The van der Waals surface area contributed by atoms with Crippen molar-refractivity contribution >= 4 is 100 Å². The van der Waals surface area contributed by atoms with Crippen molar-refractivity contribution < 1.29 is 8.42 Å². The second-order valence-electron chi connectivity index (χ2n) is 8.53. The van der Waals surface area contributed by atoms with E-state index in [1.807, 2.05) is 60.7 Å². The smallest absolute Gasteiger partial charge is 0.205 e. The summed E-state index contributed by atoms with van der Waals surface area (Å²) in [5.41, 5.74) is 1.78. The van der Waals surface area contributed by atoms with Crippen LogP contribution in [0.5, 0.6) is 0 Å². The number of benzene rings is 4. The maximum Gasteiger partial charge on any atom is 0.205 e. The van der Waals surface area contributed by atoms with Gasteiger partial charge in [-0.25, -0.2) is 8.42 Å². The van der Waals surface area contributed by atoms with Crippen molar-refractivity contribution in [2.45, 2.75) is 8.41 Å². The summed E-state index contributed by atoms with van der Waals surface area (Å²) in [5, 5.41) is 0.294. The van der Waals surface area contributed by atoms with Crippen molar-refractivity contribution in [3.63, 3.8) is 0 Å². The largest absolute Gasteiger partial charge is 0.224 e. The van der Waals surface area contributed by atoms with Crippen LogP contribution < -0.4 is 0 Å².